The van der Waals surface area contributed by atoms with Gasteiger partial charge in [-0.2, -0.15) is 26.3 Å². The monoisotopic (exact) mass is 480 g/mol. The average Bonchev–Trinajstić information content (AvgIpc) is 2.78. The molecule has 0 unspecified atom stereocenters. The summed E-state index contributed by atoms with van der Waals surface area (Å²) in [5.41, 5.74) is 2.65. The van der Waals surface area contributed by atoms with Crippen molar-refractivity contribution < 1.29 is 35.9 Å². The van der Waals surface area contributed by atoms with Gasteiger partial charge < -0.3 is 15.8 Å². The summed E-state index contributed by atoms with van der Waals surface area (Å²) in [6, 6.07) is 13.2. The van der Waals surface area contributed by atoms with Crippen LogP contribution in [0, 0.1) is 0 Å². The van der Waals surface area contributed by atoms with Gasteiger partial charge in [-0.3, -0.25) is 4.79 Å². The van der Waals surface area contributed by atoms with Crippen LogP contribution in [0.25, 0.3) is 0 Å². The number of carbonyl (C=O) groups is 1. The predicted octanol–water partition coefficient (Wildman–Crippen LogP) is 5.46. The van der Waals surface area contributed by atoms with Gasteiger partial charge in [0.2, 0.25) is 5.91 Å². The van der Waals surface area contributed by atoms with Gasteiger partial charge in [-0.1, -0.05) is 43.3 Å². The van der Waals surface area contributed by atoms with Crippen LogP contribution in [0.5, 0.6) is 0 Å². The largest absolute Gasteiger partial charge is 0.416 e. The Balaban J connectivity index is 0.000000595. The Hall–Kier alpha value is -2.59. The first-order chi connectivity index (χ1) is 15.3. The van der Waals surface area contributed by atoms with E-state index >= 15 is 0 Å². The maximum Gasteiger partial charge on any atom is 0.416 e. The van der Waals surface area contributed by atoms with E-state index in [1.165, 1.54) is 7.11 Å². The van der Waals surface area contributed by atoms with Crippen LogP contribution >= 0.6 is 0 Å². The number of nitrogens with two attached hydrogens (primary N) is 1. The summed E-state index contributed by atoms with van der Waals surface area (Å²) in [4.78, 5) is 10.5. The molecule has 10 heteroatoms. The number of halogens is 6. The minimum atomic E-state index is -4.81. The topological polar surface area (TPSA) is 64.4 Å². The predicted molar refractivity (Wildman–Crippen MR) is 115 cm³/mol. The maximum atomic E-state index is 12.6. The van der Waals surface area contributed by atoms with Gasteiger partial charge in [0, 0.05) is 14.2 Å². The zero-order valence-corrected chi connectivity index (χ0v) is 18.9. The second kappa shape index (κ2) is 14.5. The first-order valence-corrected chi connectivity index (χ1v) is 10.0. The zero-order chi connectivity index (χ0) is 25.7. The highest BCUT2D eigenvalue weighted by atomic mass is 19.4. The van der Waals surface area contributed by atoms with Crippen molar-refractivity contribution in [3.63, 3.8) is 0 Å². The van der Waals surface area contributed by atoms with E-state index in [1.54, 1.807) is 14.0 Å². The molecule has 0 saturated heterocycles. The molecule has 0 saturated carbocycles. The molecule has 2 aromatic carbocycles. The number of likely N-dealkylation sites (N-methyl/N-ethyl adjacent to an activating group) is 1. The van der Waals surface area contributed by atoms with Crippen molar-refractivity contribution in [3.8, 4) is 0 Å². The standard InChI is InChI=1S/C12H12F6O.C6H6.C5H12N2O/c1-7(19-2)3-8-4-9(11(13,14)15)6-10(5-8)12(16,17)18;1-2-4-6-5-3-1;1-3-4(6)5(8)7-2/h4-7H,3H2,1-2H3;1-6H;4H,3,6H2,1-2H3,(H,7,8)/t7-;;4-/m1.0/s1. The Labute approximate surface area is 190 Å². The molecule has 2 atom stereocenters. The molecule has 0 aliphatic carbocycles. The van der Waals surface area contributed by atoms with Crippen LogP contribution in [-0.4, -0.2) is 32.2 Å². The van der Waals surface area contributed by atoms with Gasteiger partial charge in [0.1, 0.15) is 0 Å². The van der Waals surface area contributed by atoms with Crippen LogP contribution < -0.4 is 11.1 Å². The van der Waals surface area contributed by atoms with Gasteiger partial charge in [-0.05, 0) is 43.5 Å². The van der Waals surface area contributed by atoms with Crippen molar-refractivity contribution in [1.82, 2.24) is 5.32 Å². The Morgan fingerprint density at radius 3 is 1.58 bits per heavy atom. The van der Waals surface area contributed by atoms with E-state index in [9.17, 15) is 31.1 Å². The smallest absolute Gasteiger partial charge is 0.381 e. The molecule has 0 radical (unpaired) electrons. The van der Waals surface area contributed by atoms with Crippen molar-refractivity contribution in [2.24, 2.45) is 5.73 Å². The third-order valence-corrected chi connectivity index (χ3v) is 4.26. The number of benzene rings is 2. The Morgan fingerprint density at radius 1 is 0.939 bits per heavy atom. The van der Waals surface area contributed by atoms with Crippen LogP contribution in [0.2, 0.25) is 0 Å². The molecule has 0 bridgehead atoms. The second-order valence-electron chi connectivity index (χ2n) is 6.95. The number of rotatable bonds is 5. The lowest BCUT2D eigenvalue weighted by atomic mass is 10.0. The highest BCUT2D eigenvalue weighted by molar-refractivity contribution is 5.80. The molecule has 0 spiro atoms. The summed E-state index contributed by atoms with van der Waals surface area (Å²) < 4.78 is 80.2. The first kappa shape index (κ1) is 30.4. The van der Waals surface area contributed by atoms with Gasteiger partial charge >= 0.3 is 12.4 Å². The molecule has 0 heterocycles. The number of ether oxygens (including phenoxy) is 1. The quantitative estimate of drug-likeness (QED) is 0.559. The number of methoxy groups -OCH3 is 1. The molecule has 0 aromatic heterocycles. The molecule has 1 amide bonds. The van der Waals surface area contributed by atoms with E-state index in [-0.39, 0.29) is 30.0 Å². The fraction of sp³-hybridized carbons (Fsp3) is 0.435. The summed E-state index contributed by atoms with van der Waals surface area (Å²) in [5, 5.41) is 2.45. The maximum absolute atomic E-state index is 12.6. The van der Waals surface area contributed by atoms with E-state index in [0.29, 0.717) is 18.6 Å². The van der Waals surface area contributed by atoms with Gasteiger partial charge in [-0.25, -0.2) is 0 Å². The Kier molecular flexibility index (Phi) is 13.4. The number of amides is 1. The Morgan fingerprint density at radius 2 is 1.33 bits per heavy atom. The van der Waals surface area contributed by atoms with Gasteiger partial charge in [0.05, 0.1) is 23.3 Å². The lowest BCUT2D eigenvalue weighted by molar-refractivity contribution is -0.143. The van der Waals surface area contributed by atoms with E-state index in [1.807, 2.05) is 43.3 Å². The van der Waals surface area contributed by atoms with E-state index in [4.69, 9.17) is 10.5 Å². The lowest BCUT2D eigenvalue weighted by Gasteiger charge is -2.16. The molecule has 2 rings (SSSR count). The van der Waals surface area contributed by atoms with Crippen LogP contribution in [0.4, 0.5) is 26.3 Å². The zero-order valence-electron chi connectivity index (χ0n) is 18.9. The molecule has 2 aromatic rings. The summed E-state index contributed by atoms with van der Waals surface area (Å²) in [7, 11) is 2.92. The molecule has 0 aliphatic rings. The third kappa shape index (κ3) is 12.9. The van der Waals surface area contributed by atoms with E-state index in [2.05, 4.69) is 5.32 Å². The van der Waals surface area contributed by atoms with Crippen molar-refractivity contribution in [2.45, 2.75) is 51.2 Å². The van der Waals surface area contributed by atoms with Gasteiger partial charge in [0.25, 0.3) is 0 Å². The van der Waals surface area contributed by atoms with E-state index in [0.717, 1.165) is 0 Å². The van der Waals surface area contributed by atoms with Crippen LogP contribution in [0.3, 0.4) is 0 Å². The molecule has 3 N–H and O–H groups in total. The number of nitrogens with one attached hydrogen (secondary N) is 1. The van der Waals surface area contributed by atoms with Gasteiger partial charge in [-0.15, -0.1) is 0 Å². The van der Waals surface area contributed by atoms with Crippen LogP contribution in [0.15, 0.2) is 54.6 Å². The summed E-state index contributed by atoms with van der Waals surface area (Å²) in [5.74, 6) is -0.0903. The third-order valence-electron chi connectivity index (χ3n) is 4.26. The van der Waals surface area contributed by atoms with Crippen molar-refractivity contribution >= 4 is 5.91 Å². The molecule has 0 fully saturated rings. The summed E-state index contributed by atoms with van der Waals surface area (Å²) in [6.45, 7) is 3.44. The second-order valence-corrected chi connectivity index (χ2v) is 6.95. The highest BCUT2D eigenvalue weighted by Crippen LogP contribution is 2.36. The van der Waals surface area contributed by atoms with Crippen LogP contribution in [-0.2, 0) is 28.3 Å². The number of hydrogen-bond donors (Lipinski definition) is 2. The van der Waals surface area contributed by atoms with Crippen LogP contribution in [0.1, 0.15) is 37.0 Å². The first-order valence-electron chi connectivity index (χ1n) is 10.0. The minimum absolute atomic E-state index is 0.0243. The van der Waals surface area contributed by atoms with Crippen molar-refractivity contribution in [1.29, 1.82) is 0 Å². The molecular weight excluding hydrogens is 450 g/mol. The Bertz CT molecular complexity index is 752. The van der Waals surface area contributed by atoms with Gasteiger partial charge in [0.15, 0.2) is 0 Å². The highest BCUT2D eigenvalue weighted by Gasteiger charge is 2.36. The van der Waals surface area contributed by atoms with Crippen molar-refractivity contribution in [2.75, 3.05) is 14.2 Å². The van der Waals surface area contributed by atoms with E-state index < -0.39 is 29.6 Å². The number of hydrogen-bond acceptors (Lipinski definition) is 3. The molecule has 4 nitrogen and oxygen atoms in total. The fourth-order valence-corrected chi connectivity index (χ4v) is 2.31. The fourth-order valence-electron chi connectivity index (χ4n) is 2.31. The normalized spacial score (nSPS) is 12.9. The summed E-state index contributed by atoms with van der Waals surface area (Å²) >= 11 is 0. The minimum Gasteiger partial charge on any atom is -0.381 e. The average molecular weight is 480 g/mol. The number of alkyl halides is 6. The molecular formula is C23H30F6N2O2. The lowest BCUT2D eigenvalue weighted by Crippen LogP contribution is -2.37. The SMILES string of the molecule is CC[C@H](N)C(=O)NC.CO[C@H](C)Cc1cc(C(F)(F)F)cc(C(F)(F)F)c1.c1ccccc1. The molecule has 33 heavy (non-hydrogen) atoms. The molecule has 0 aliphatic heterocycles. The summed E-state index contributed by atoms with van der Waals surface area (Å²) in [6.07, 6.45) is -9.42. The van der Waals surface area contributed by atoms with Crippen molar-refractivity contribution in [3.05, 3.63) is 71.3 Å². The number of carbonyl (C=O) groups excluding carboxylic acids is 1. The molecule has 186 valence electrons.